The van der Waals surface area contributed by atoms with E-state index in [1.807, 2.05) is 0 Å². The average molecular weight is 342 g/mol. The van der Waals surface area contributed by atoms with Crippen molar-refractivity contribution in [2.45, 2.75) is 6.61 Å². The molecule has 0 spiro atoms. The molecule has 2 rings (SSSR count). The van der Waals surface area contributed by atoms with Crippen LogP contribution in [0, 0.1) is 11.6 Å². The van der Waals surface area contributed by atoms with Gasteiger partial charge < -0.3 is 10.5 Å². The highest BCUT2D eigenvalue weighted by atomic mass is 79.9. The molecule has 0 unspecified atom stereocenters. The minimum atomic E-state index is -0.697. The molecule has 0 aliphatic heterocycles. The Morgan fingerprint density at radius 2 is 1.95 bits per heavy atom. The molecule has 1 amide bonds. The fraction of sp³-hybridized carbons (Fsp3) is 0.0714. The SMILES string of the molecule is NC(=O)c1ccc(COc2ccc(F)cc2Br)c(F)c1. The second-order valence-electron chi connectivity index (χ2n) is 4.03. The van der Waals surface area contributed by atoms with E-state index in [0.717, 1.165) is 6.07 Å². The Balaban J connectivity index is 2.13. The van der Waals surface area contributed by atoms with E-state index in [0.29, 0.717) is 10.2 Å². The van der Waals surface area contributed by atoms with Gasteiger partial charge in [-0.3, -0.25) is 4.79 Å². The van der Waals surface area contributed by atoms with Gasteiger partial charge >= 0.3 is 0 Å². The molecule has 2 N–H and O–H groups in total. The smallest absolute Gasteiger partial charge is 0.248 e. The molecule has 0 heterocycles. The first kappa shape index (κ1) is 14.5. The van der Waals surface area contributed by atoms with Crippen LogP contribution in [0.2, 0.25) is 0 Å². The van der Waals surface area contributed by atoms with Gasteiger partial charge in [0.25, 0.3) is 0 Å². The van der Waals surface area contributed by atoms with Crippen molar-refractivity contribution in [2.24, 2.45) is 5.73 Å². The predicted molar refractivity (Wildman–Crippen MR) is 73.3 cm³/mol. The third kappa shape index (κ3) is 3.33. The van der Waals surface area contributed by atoms with Crippen LogP contribution in [0.3, 0.4) is 0 Å². The zero-order valence-electron chi connectivity index (χ0n) is 10.2. The number of nitrogens with two attached hydrogens (primary N) is 1. The Kier molecular flexibility index (Phi) is 4.34. The summed E-state index contributed by atoms with van der Waals surface area (Å²) < 4.78 is 32.4. The lowest BCUT2D eigenvalue weighted by Gasteiger charge is -2.09. The van der Waals surface area contributed by atoms with E-state index in [1.54, 1.807) is 0 Å². The number of hydrogen-bond acceptors (Lipinski definition) is 2. The molecule has 2 aromatic carbocycles. The van der Waals surface area contributed by atoms with Crippen molar-refractivity contribution in [3.63, 3.8) is 0 Å². The van der Waals surface area contributed by atoms with Crippen molar-refractivity contribution in [3.05, 3.63) is 63.6 Å². The number of halogens is 3. The Hall–Kier alpha value is -1.95. The van der Waals surface area contributed by atoms with E-state index in [2.05, 4.69) is 15.9 Å². The molecule has 0 aromatic heterocycles. The number of amides is 1. The summed E-state index contributed by atoms with van der Waals surface area (Å²) in [5, 5.41) is 0. The van der Waals surface area contributed by atoms with Crippen LogP contribution in [-0.2, 0) is 6.61 Å². The van der Waals surface area contributed by atoms with Crippen LogP contribution in [0.25, 0.3) is 0 Å². The summed E-state index contributed by atoms with van der Waals surface area (Å²) in [6, 6.07) is 7.83. The molecule has 0 bridgehead atoms. The molecule has 0 atom stereocenters. The summed E-state index contributed by atoms with van der Waals surface area (Å²) in [6.45, 7) is -0.0465. The number of rotatable bonds is 4. The van der Waals surface area contributed by atoms with E-state index in [4.69, 9.17) is 10.5 Å². The van der Waals surface area contributed by atoms with Crippen molar-refractivity contribution in [3.8, 4) is 5.75 Å². The fourth-order valence-electron chi connectivity index (χ4n) is 1.57. The zero-order valence-corrected chi connectivity index (χ0v) is 11.8. The monoisotopic (exact) mass is 341 g/mol. The molecule has 0 fully saturated rings. The van der Waals surface area contributed by atoms with Gasteiger partial charge in [0.05, 0.1) is 4.47 Å². The Morgan fingerprint density at radius 1 is 1.20 bits per heavy atom. The third-order valence-corrected chi connectivity index (χ3v) is 3.23. The molecular formula is C14H10BrF2NO2. The number of carbonyl (C=O) groups is 1. The van der Waals surface area contributed by atoms with E-state index in [1.165, 1.54) is 30.3 Å². The second kappa shape index (κ2) is 6.00. The summed E-state index contributed by atoms with van der Waals surface area (Å²) in [5.41, 5.74) is 5.41. The van der Waals surface area contributed by atoms with Crippen LogP contribution in [-0.4, -0.2) is 5.91 Å². The third-order valence-electron chi connectivity index (χ3n) is 2.61. The lowest BCUT2D eigenvalue weighted by Crippen LogP contribution is -2.11. The molecule has 104 valence electrons. The van der Waals surface area contributed by atoms with Crippen LogP contribution >= 0.6 is 15.9 Å². The number of ether oxygens (including phenoxy) is 1. The molecule has 2 aromatic rings. The molecule has 0 saturated carbocycles. The van der Waals surface area contributed by atoms with Crippen LogP contribution in [0.15, 0.2) is 40.9 Å². The lowest BCUT2D eigenvalue weighted by molar-refractivity contribution is 0.0999. The first-order valence-electron chi connectivity index (χ1n) is 5.63. The Bertz CT molecular complexity index is 662. The van der Waals surface area contributed by atoms with E-state index in [9.17, 15) is 13.6 Å². The minimum Gasteiger partial charge on any atom is -0.488 e. The van der Waals surface area contributed by atoms with Crippen LogP contribution in [0.1, 0.15) is 15.9 Å². The molecule has 0 saturated heterocycles. The topological polar surface area (TPSA) is 52.3 Å². The summed E-state index contributed by atoms with van der Waals surface area (Å²) in [4.78, 5) is 10.9. The van der Waals surface area contributed by atoms with Crippen LogP contribution < -0.4 is 10.5 Å². The van der Waals surface area contributed by atoms with Crippen LogP contribution in [0.4, 0.5) is 8.78 Å². The lowest BCUT2D eigenvalue weighted by atomic mass is 10.1. The van der Waals surface area contributed by atoms with Gasteiger partial charge in [0.2, 0.25) is 5.91 Å². The van der Waals surface area contributed by atoms with Crippen LogP contribution in [0.5, 0.6) is 5.75 Å². The number of carbonyl (C=O) groups excluding carboxylic acids is 1. The van der Waals surface area contributed by atoms with E-state index >= 15 is 0 Å². The summed E-state index contributed by atoms with van der Waals surface area (Å²) >= 11 is 3.15. The maximum absolute atomic E-state index is 13.7. The molecule has 3 nitrogen and oxygen atoms in total. The molecule has 20 heavy (non-hydrogen) atoms. The largest absolute Gasteiger partial charge is 0.488 e. The van der Waals surface area contributed by atoms with Crippen molar-refractivity contribution >= 4 is 21.8 Å². The normalized spacial score (nSPS) is 10.3. The summed E-state index contributed by atoms with van der Waals surface area (Å²) in [6.07, 6.45) is 0. The summed E-state index contributed by atoms with van der Waals surface area (Å²) in [7, 11) is 0. The van der Waals surface area contributed by atoms with Gasteiger partial charge in [-0.05, 0) is 46.3 Å². The molecule has 0 radical (unpaired) electrons. The average Bonchev–Trinajstić information content (AvgIpc) is 2.38. The highest BCUT2D eigenvalue weighted by Gasteiger charge is 2.09. The van der Waals surface area contributed by atoms with Crippen molar-refractivity contribution in [1.82, 2.24) is 0 Å². The van der Waals surface area contributed by atoms with Crippen molar-refractivity contribution in [1.29, 1.82) is 0 Å². The Labute approximate surface area is 122 Å². The highest BCUT2D eigenvalue weighted by molar-refractivity contribution is 9.10. The highest BCUT2D eigenvalue weighted by Crippen LogP contribution is 2.26. The van der Waals surface area contributed by atoms with Gasteiger partial charge in [-0.2, -0.15) is 0 Å². The van der Waals surface area contributed by atoms with Gasteiger partial charge in [-0.1, -0.05) is 6.07 Å². The van der Waals surface area contributed by atoms with Gasteiger partial charge in [0.15, 0.2) is 0 Å². The molecule has 0 aliphatic carbocycles. The first-order valence-corrected chi connectivity index (χ1v) is 6.43. The number of hydrogen-bond donors (Lipinski definition) is 1. The minimum absolute atomic E-state index is 0.0465. The van der Waals surface area contributed by atoms with Gasteiger partial charge in [-0.15, -0.1) is 0 Å². The quantitative estimate of drug-likeness (QED) is 0.926. The zero-order chi connectivity index (χ0) is 14.7. The Morgan fingerprint density at radius 3 is 2.55 bits per heavy atom. The molecule has 0 aliphatic rings. The first-order chi connectivity index (χ1) is 9.47. The standard InChI is InChI=1S/C14H10BrF2NO2/c15-11-6-10(16)3-4-13(11)20-7-9-2-1-8(14(18)19)5-12(9)17/h1-6H,7H2,(H2,18,19). The molecular weight excluding hydrogens is 332 g/mol. The second-order valence-corrected chi connectivity index (χ2v) is 4.89. The van der Waals surface area contributed by atoms with E-state index < -0.39 is 17.5 Å². The van der Waals surface area contributed by atoms with Gasteiger partial charge in [-0.25, -0.2) is 8.78 Å². The fourth-order valence-corrected chi connectivity index (χ4v) is 2.03. The van der Waals surface area contributed by atoms with Gasteiger partial charge in [0, 0.05) is 11.1 Å². The van der Waals surface area contributed by atoms with Gasteiger partial charge in [0.1, 0.15) is 24.0 Å². The number of primary amides is 1. The van der Waals surface area contributed by atoms with E-state index in [-0.39, 0.29) is 17.7 Å². The van der Waals surface area contributed by atoms with Crippen molar-refractivity contribution < 1.29 is 18.3 Å². The van der Waals surface area contributed by atoms with Crippen molar-refractivity contribution in [2.75, 3.05) is 0 Å². The predicted octanol–water partition coefficient (Wildman–Crippen LogP) is 3.41. The molecule has 6 heteroatoms. The maximum atomic E-state index is 13.7. The summed E-state index contributed by atoms with van der Waals surface area (Å²) in [5.74, 6) is -1.29. The number of benzene rings is 2. The maximum Gasteiger partial charge on any atom is 0.248 e.